The van der Waals surface area contributed by atoms with E-state index in [0.717, 1.165) is 24.8 Å². The topological polar surface area (TPSA) is 59.1 Å². The van der Waals surface area contributed by atoms with Crippen molar-refractivity contribution in [2.45, 2.75) is 32.8 Å². The molecule has 1 saturated heterocycles. The van der Waals surface area contributed by atoms with Crippen LogP contribution in [0.5, 0.6) is 0 Å². The molecule has 0 aliphatic carbocycles. The van der Waals surface area contributed by atoms with Crippen molar-refractivity contribution < 1.29 is 19.1 Å². The molecule has 1 aromatic carbocycles. The average molecular weight is 320 g/mol. The van der Waals surface area contributed by atoms with Crippen molar-refractivity contribution in [3.8, 4) is 0 Å². The third-order valence-electron chi connectivity index (χ3n) is 3.60. The molecular formula is C17H24N2O4. The fourth-order valence-corrected chi connectivity index (χ4v) is 2.34. The second kappa shape index (κ2) is 9.15. The zero-order valence-electron chi connectivity index (χ0n) is 13.6. The molecule has 23 heavy (non-hydrogen) atoms. The van der Waals surface area contributed by atoms with Crippen molar-refractivity contribution in [3.63, 3.8) is 0 Å². The van der Waals surface area contributed by atoms with Crippen molar-refractivity contribution in [1.82, 2.24) is 10.0 Å². The summed E-state index contributed by atoms with van der Waals surface area (Å²) in [4.78, 5) is 24.3. The summed E-state index contributed by atoms with van der Waals surface area (Å²) in [7, 11) is 0. The number of rotatable bonds is 7. The third kappa shape index (κ3) is 5.25. The van der Waals surface area contributed by atoms with Crippen molar-refractivity contribution in [3.05, 3.63) is 35.9 Å². The van der Waals surface area contributed by atoms with Crippen LogP contribution in [-0.4, -0.2) is 48.3 Å². The Bertz CT molecular complexity index is 507. The molecule has 1 heterocycles. The van der Waals surface area contributed by atoms with Gasteiger partial charge in [0.15, 0.2) is 0 Å². The predicted octanol–water partition coefficient (Wildman–Crippen LogP) is 2.59. The van der Waals surface area contributed by atoms with Crippen LogP contribution in [0.1, 0.15) is 31.7 Å². The zero-order chi connectivity index (χ0) is 16.5. The van der Waals surface area contributed by atoms with Crippen molar-refractivity contribution in [1.29, 1.82) is 0 Å². The minimum atomic E-state index is -0.492. The van der Waals surface area contributed by atoms with Crippen LogP contribution in [0.2, 0.25) is 0 Å². The maximum atomic E-state index is 12.2. The van der Waals surface area contributed by atoms with E-state index in [2.05, 4.69) is 6.92 Å². The standard InChI is InChI=1S/C17H24N2O4/c1-2-3-12-22-14-16(20)18-10-7-11-19(18)17(21)23-13-15-8-5-4-6-9-15/h4-6,8-9H,2-3,7,10-14H2,1H3. The number of carbonyl (C=O) groups excluding carboxylic acids is 2. The largest absolute Gasteiger partial charge is 0.443 e. The number of amides is 2. The molecule has 0 aromatic heterocycles. The van der Waals surface area contributed by atoms with Gasteiger partial charge in [0.1, 0.15) is 13.2 Å². The molecule has 126 valence electrons. The number of benzene rings is 1. The van der Waals surface area contributed by atoms with Gasteiger partial charge in [0.25, 0.3) is 5.91 Å². The molecule has 0 unspecified atom stereocenters. The molecule has 0 atom stereocenters. The summed E-state index contributed by atoms with van der Waals surface area (Å²) < 4.78 is 10.6. The Morgan fingerprint density at radius 2 is 1.87 bits per heavy atom. The lowest BCUT2D eigenvalue weighted by molar-refractivity contribution is -0.146. The van der Waals surface area contributed by atoms with E-state index >= 15 is 0 Å². The number of nitrogens with zero attached hydrogens (tertiary/aromatic N) is 2. The maximum absolute atomic E-state index is 12.2. The molecule has 0 N–H and O–H groups in total. The van der Waals surface area contributed by atoms with Crippen molar-refractivity contribution >= 4 is 12.0 Å². The van der Waals surface area contributed by atoms with Crippen LogP contribution in [-0.2, 0) is 20.9 Å². The van der Waals surface area contributed by atoms with Crippen LogP contribution < -0.4 is 0 Å². The summed E-state index contributed by atoms with van der Waals surface area (Å²) in [5.41, 5.74) is 0.917. The molecule has 1 aromatic rings. The molecule has 1 aliphatic heterocycles. The molecule has 2 rings (SSSR count). The fraction of sp³-hybridized carbons (Fsp3) is 0.529. The van der Waals surface area contributed by atoms with E-state index < -0.39 is 6.09 Å². The summed E-state index contributed by atoms with van der Waals surface area (Å²) in [5.74, 6) is -0.199. The number of hydrogen-bond acceptors (Lipinski definition) is 4. The lowest BCUT2D eigenvalue weighted by Crippen LogP contribution is -2.46. The highest BCUT2D eigenvalue weighted by Gasteiger charge is 2.31. The van der Waals surface area contributed by atoms with Gasteiger partial charge in [-0.15, -0.1) is 0 Å². The highest BCUT2D eigenvalue weighted by molar-refractivity contribution is 5.80. The first kappa shape index (κ1) is 17.3. The number of ether oxygens (including phenoxy) is 2. The van der Waals surface area contributed by atoms with Crippen LogP contribution in [0.15, 0.2) is 30.3 Å². The molecule has 2 amide bonds. The SMILES string of the molecule is CCCCOCC(=O)N1CCCN1C(=O)OCc1ccccc1. The maximum Gasteiger partial charge on any atom is 0.429 e. The number of hydrazine groups is 1. The van der Waals surface area contributed by atoms with Crippen molar-refractivity contribution in [2.24, 2.45) is 0 Å². The van der Waals surface area contributed by atoms with Gasteiger partial charge in [-0.3, -0.25) is 4.79 Å². The summed E-state index contributed by atoms with van der Waals surface area (Å²) in [5, 5.41) is 2.80. The molecule has 1 fully saturated rings. The summed E-state index contributed by atoms with van der Waals surface area (Å²) >= 11 is 0. The first-order valence-corrected chi connectivity index (χ1v) is 8.08. The predicted molar refractivity (Wildman–Crippen MR) is 85.4 cm³/mol. The first-order chi connectivity index (χ1) is 11.2. The van der Waals surface area contributed by atoms with Gasteiger partial charge in [0, 0.05) is 19.7 Å². The Labute approximate surface area is 136 Å². The molecule has 0 radical (unpaired) electrons. The molecule has 6 heteroatoms. The number of carbonyl (C=O) groups is 2. The monoisotopic (exact) mass is 320 g/mol. The van der Waals surface area contributed by atoms with Crippen LogP contribution in [0.25, 0.3) is 0 Å². The Balaban J connectivity index is 1.80. The van der Waals surface area contributed by atoms with E-state index in [-0.39, 0.29) is 19.1 Å². The Hall–Kier alpha value is -2.08. The van der Waals surface area contributed by atoms with Gasteiger partial charge < -0.3 is 9.47 Å². The minimum Gasteiger partial charge on any atom is -0.443 e. The summed E-state index contributed by atoms with van der Waals surface area (Å²) in [6.07, 6.45) is 2.21. The highest BCUT2D eigenvalue weighted by Crippen LogP contribution is 2.13. The van der Waals surface area contributed by atoms with Gasteiger partial charge in [-0.2, -0.15) is 0 Å². The summed E-state index contributed by atoms with van der Waals surface area (Å²) in [6, 6.07) is 9.47. The quantitative estimate of drug-likeness (QED) is 0.725. The van der Waals surface area contributed by atoms with Crippen LogP contribution in [0.4, 0.5) is 4.79 Å². The van der Waals surface area contributed by atoms with Crippen LogP contribution >= 0.6 is 0 Å². The summed E-state index contributed by atoms with van der Waals surface area (Å²) in [6.45, 7) is 3.85. The van der Waals surface area contributed by atoms with E-state index in [1.165, 1.54) is 10.0 Å². The fourth-order valence-electron chi connectivity index (χ4n) is 2.34. The molecular weight excluding hydrogens is 296 g/mol. The minimum absolute atomic E-state index is 0.00245. The van der Waals surface area contributed by atoms with Crippen LogP contribution in [0.3, 0.4) is 0 Å². The smallest absolute Gasteiger partial charge is 0.429 e. The Morgan fingerprint density at radius 1 is 1.13 bits per heavy atom. The molecule has 6 nitrogen and oxygen atoms in total. The Morgan fingerprint density at radius 3 is 2.61 bits per heavy atom. The van der Waals surface area contributed by atoms with Gasteiger partial charge in [-0.25, -0.2) is 14.8 Å². The van der Waals surface area contributed by atoms with E-state index in [4.69, 9.17) is 9.47 Å². The zero-order valence-corrected chi connectivity index (χ0v) is 13.6. The first-order valence-electron chi connectivity index (χ1n) is 8.08. The molecule has 0 bridgehead atoms. The average Bonchev–Trinajstić information content (AvgIpc) is 3.07. The van der Waals surface area contributed by atoms with Gasteiger partial charge >= 0.3 is 6.09 Å². The van der Waals surface area contributed by atoms with Gasteiger partial charge in [-0.05, 0) is 18.4 Å². The van der Waals surface area contributed by atoms with E-state index in [1.807, 2.05) is 30.3 Å². The van der Waals surface area contributed by atoms with Gasteiger partial charge in [0.2, 0.25) is 0 Å². The molecule has 1 aliphatic rings. The van der Waals surface area contributed by atoms with Crippen LogP contribution in [0, 0.1) is 0 Å². The lowest BCUT2D eigenvalue weighted by Gasteiger charge is -2.27. The van der Waals surface area contributed by atoms with E-state index in [0.29, 0.717) is 19.7 Å². The normalized spacial score (nSPS) is 14.1. The van der Waals surface area contributed by atoms with Crippen molar-refractivity contribution in [2.75, 3.05) is 26.3 Å². The van der Waals surface area contributed by atoms with E-state index in [9.17, 15) is 9.59 Å². The number of hydrogen-bond donors (Lipinski definition) is 0. The number of unbranched alkanes of at least 4 members (excludes halogenated alkanes) is 1. The third-order valence-corrected chi connectivity index (χ3v) is 3.60. The second-order valence-electron chi connectivity index (χ2n) is 5.44. The van der Waals surface area contributed by atoms with Gasteiger partial charge in [0.05, 0.1) is 0 Å². The van der Waals surface area contributed by atoms with Gasteiger partial charge in [-0.1, -0.05) is 43.7 Å². The lowest BCUT2D eigenvalue weighted by atomic mass is 10.2. The van der Waals surface area contributed by atoms with E-state index in [1.54, 1.807) is 0 Å². The second-order valence-corrected chi connectivity index (χ2v) is 5.44. The molecule has 0 spiro atoms. The molecule has 0 saturated carbocycles. The Kier molecular flexibility index (Phi) is 6.87. The highest BCUT2D eigenvalue weighted by atomic mass is 16.6.